The van der Waals surface area contributed by atoms with Gasteiger partial charge in [-0.2, -0.15) is 10.7 Å². The molecule has 1 aromatic carbocycles. The Labute approximate surface area is 76.9 Å². The minimum atomic E-state index is 0.244. The van der Waals surface area contributed by atoms with Gasteiger partial charge in [-0.3, -0.25) is 0 Å². The third kappa shape index (κ3) is 1.69. The summed E-state index contributed by atoms with van der Waals surface area (Å²) in [6.45, 7) is 0.738. The number of rotatable bonds is 1. The molecule has 0 spiro atoms. The van der Waals surface area contributed by atoms with Gasteiger partial charge in [-0.25, -0.2) is 0 Å². The van der Waals surface area contributed by atoms with Crippen molar-refractivity contribution in [1.29, 1.82) is 5.26 Å². The quantitative estimate of drug-likeness (QED) is 0.702. The van der Waals surface area contributed by atoms with E-state index < -0.39 is 0 Å². The van der Waals surface area contributed by atoms with Crippen LogP contribution in [0.1, 0.15) is 23.6 Å². The third-order valence-corrected chi connectivity index (χ3v) is 2.15. The molecule has 0 bridgehead atoms. The largest absolute Gasteiger partial charge is 0.301 e. The van der Waals surface area contributed by atoms with E-state index in [1.807, 2.05) is 18.2 Å². The summed E-state index contributed by atoms with van der Waals surface area (Å²) >= 11 is 0. The first kappa shape index (κ1) is 8.24. The van der Waals surface area contributed by atoms with E-state index in [2.05, 4.69) is 11.5 Å². The average molecular weight is 174 g/mol. The van der Waals surface area contributed by atoms with Gasteiger partial charge in [0, 0.05) is 0 Å². The highest BCUT2D eigenvalue weighted by molar-refractivity contribution is 5.34. The molecular weight excluding hydrogens is 164 g/mol. The number of nitrogens with one attached hydrogen (secondary N) is 1. The van der Waals surface area contributed by atoms with Crippen molar-refractivity contribution in [1.82, 2.24) is 5.48 Å². The van der Waals surface area contributed by atoms with Crippen molar-refractivity contribution in [3.05, 3.63) is 35.4 Å². The van der Waals surface area contributed by atoms with E-state index in [4.69, 9.17) is 10.1 Å². The van der Waals surface area contributed by atoms with Gasteiger partial charge >= 0.3 is 0 Å². The van der Waals surface area contributed by atoms with Gasteiger partial charge in [0.1, 0.15) is 0 Å². The van der Waals surface area contributed by atoms with E-state index in [0.29, 0.717) is 5.56 Å². The number of hydrogen-bond acceptors (Lipinski definition) is 3. The zero-order valence-electron chi connectivity index (χ0n) is 7.16. The molecule has 66 valence electrons. The fraction of sp³-hybridized carbons (Fsp3) is 0.300. The zero-order valence-corrected chi connectivity index (χ0v) is 7.16. The average Bonchev–Trinajstić information content (AvgIpc) is 2.71. The molecule has 0 unspecified atom stereocenters. The van der Waals surface area contributed by atoms with Gasteiger partial charge in [0.2, 0.25) is 0 Å². The van der Waals surface area contributed by atoms with Crippen LogP contribution < -0.4 is 5.48 Å². The molecule has 0 saturated carbocycles. The van der Waals surface area contributed by atoms with Gasteiger partial charge in [0.05, 0.1) is 24.3 Å². The van der Waals surface area contributed by atoms with Crippen LogP contribution in [0.25, 0.3) is 0 Å². The van der Waals surface area contributed by atoms with Crippen LogP contribution in [0.5, 0.6) is 0 Å². The molecule has 3 nitrogen and oxygen atoms in total. The van der Waals surface area contributed by atoms with E-state index in [1.165, 1.54) is 0 Å². The number of hydroxylamine groups is 1. The van der Waals surface area contributed by atoms with E-state index in [1.54, 1.807) is 6.07 Å². The summed E-state index contributed by atoms with van der Waals surface area (Å²) < 4.78 is 0. The monoisotopic (exact) mass is 174 g/mol. The van der Waals surface area contributed by atoms with Crippen LogP contribution in [0.2, 0.25) is 0 Å². The smallest absolute Gasteiger partial charge is 0.0991 e. The Bertz CT molecular complexity index is 337. The molecule has 1 heterocycles. The molecule has 2 rings (SSSR count). The van der Waals surface area contributed by atoms with Crippen molar-refractivity contribution in [2.24, 2.45) is 0 Å². The summed E-state index contributed by atoms with van der Waals surface area (Å²) in [7, 11) is 0. The van der Waals surface area contributed by atoms with Crippen LogP contribution in [-0.2, 0) is 4.84 Å². The van der Waals surface area contributed by atoms with Crippen molar-refractivity contribution in [2.75, 3.05) is 6.61 Å². The van der Waals surface area contributed by atoms with Crippen LogP contribution in [0.4, 0.5) is 0 Å². The van der Waals surface area contributed by atoms with Crippen molar-refractivity contribution in [3.63, 3.8) is 0 Å². The Kier molecular flexibility index (Phi) is 2.26. The fourth-order valence-electron chi connectivity index (χ4n) is 1.45. The summed E-state index contributed by atoms with van der Waals surface area (Å²) in [6.07, 6.45) is 0.967. The maximum Gasteiger partial charge on any atom is 0.0991 e. The van der Waals surface area contributed by atoms with Crippen LogP contribution in [0, 0.1) is 11.3 Å². The summed E-state index contributed by atoms with van der Waals surface area (Å²) in [5.74, 6) is 0. The topological polar surface area (TPSA) is 45.0 Å². The number of benzene rings is 1. The van der Waals surface area contributed by atoms with Gasteiger partial charge in [-0.15, -0.1) is 0 Å². The highest BCUT2D eigenvalue weighted by atomic mass is 16.7. The maximum atomic E-state index is 8.70. The molecule has 1 N–H and O–H groups in total. The molecule has 1 aliphatic heterocycles. The highest BCUT2D eigenvalue weighted by Crippen LogP contribution is 2.21. The zero-order chi connectivity index (χ0) is 9.10. The Morgan fingerprint density at radius 2 is 2.46 bits per heavy atom. The second kappa shape index (κ2) is 3.56. The Morgan fingerprint density at radius 1 is 1.54 bits per heavy atom. The van der Waals surface area contributed by atoms with Gasteiger partial charge in [-0.1, -0.05) is 12.1 Å². The predicted molar refractivity (Wildman–Crippen MR) is 47.6 cm³/mol. The summed E-state index contributed by atoms with van der Waals surface area (Å²) in [4.78, 5) is 5.05. The Morgan fingerprint density at radius 3 is 3.15 bits per heavy atom. The Balaban J connectivity index is 2.25. The van der Waals surface area contributed by atoms with Crippen LogP contribution >= 0.6 is 0 Å². The molecule has 0 radical (unpaired) electrons. The van der Waals surface area contributed by atoms with Crippen molar-refractivity contribution >= 4 is 0 Å². The predicted octanol–water partition coefficient (Wildman–Crippen LogP) is 1.52. The molecule has 1 aromatic rings. The first-order valence-corrected chi connectivity index (χ1v) is 4.27. The van der Waals surface area contributed by atoms with Gasteiger partial charge < -0.3 is 4.84 Å². The van der Waals surface area contributed by atoms with E-state index in [0.717, 1.165) is 18.6 Å². The second-order valence-corrected chi connectivity index (χ2v) is 3.04. The Hall–Kier alpha value is -1.37. The summed E-state index contributed by atoms with van der Waals surface area (Å²) in [5, 5.41) is 8.70. The molecule has 1 atom stereocenters. The van der Waals surface area contributed by atoms with E-state index >= 15 is 0 Å². The van der Waals surface area contributed by atoms with E-state index in [-0.39, 0.29) is 6.04 Å². The molecule has 13 heavy (non-hydrogen) atoms. The van der Waals surface area contributed by atoms with Gasteiger partial charge in [-0.05, 0) is 24.1 Å². The van der Waals surface area contributed by atoms with Crippen LogP contribution in [0.3, 0.4) is 0 Å². The standard InChI is InChI=1S/C10H10N2O/c11-7-8-2-1-3-9(6-8)10-4-5-13-12-10/h1-3,6,10,12H,4-5H2/t10-/m1/s1. The van der Waals surface area contributed by atoms with Crippen LogP contribution in [-0.4, -0.2) is 6.61 Å². The lowest BCUT2D eigenvalue weighted by Gasteiger charge is -2.07. The van der Waals surface area contributed by atoms with E-state index in [9.17, 15) is 0 Å². The minimum absolute atomic E-state index is 0.244. The SMILES string of the molecule is N#Cc1cccc([C@H]2CCON2)c1. The first-order valence-electron chi connectivity index (χ1n) is 4.27. The molecule has 0 amide bonds. The van der Waals surface area contributed by atoms with Gasteiger partial charge in [0.15, 0.2) is 0 Å². The normalized spacial score (nSPS) is 21.3. The number of nitrogens with zero attached hydrogens (tertiary/aromatic N) is 1. The number of hydrogen-bond donors (Lipinski definition) is 1. The lowest BCUT2D eigenvalue weighted by molar-refractivity contribution is 0.0883. The molecule has 0 aliphatic carbocycles. The minimum Gasteiger partial charge on any atom is -0.301 e. The summed E-state index contributed by atoms with van der Waals surface area (Å²) in [6, 6.07) is 9.97. The third-order valence-electron chi connectivity index (χ3n) is 2.15. The maximum absolute atomic E-state index is 8.70. The van der Waals surface area contributed by atoms with Crippen molar-refractivity contribution < 1.29 is 4.84 Å². The first-order chi connectivity index (χ1) is 6.40. The molecular formula is C10H10N2O. The van der Waals surface area contributed by atoms with Crippen molar-refractivity contribution in [3.8, 4) is 6.07 Å². The summed E-state index contributed by atoms with van der Waals surface area (Å²) in [5.41, 5.74) is 4.74. The molecule has 1 saturated heterocycles. The fourth-order valence-corrected chi connectivity index (χ4v) is 1.45. The van der Waals surface area contributed by atoms with Gasteiger partial charge in [0.25, 0.3) is 0 Å². The second-order valence-electron chi connectivity index (χ2n) is 3.04. The lowest BCUT2D eigenvalue weighted by atomic mass is 10.0. The van der Waals surface area contributed by atoms with Crippen molar-refractivity contribution in [2.45, 2.75) is 12.5 Å². The molecule has 1 fully saturated rings. The molecule has 0 aromatic heterocycles. The highest BCUT2D eigenvalue weighted by Gasteiger charge is 2.16. The lowest BCUT2D eigenvalue weighted by Crippen LogP contribution is -2.11. The molecule has 3 heteroatoms. The number of nitriles is 1. The molecule has 1 aliphatic rings. The van der Waals surface area contributed by atoms with Crippen LogP contribution in [0.15, 0.2) is 24.3 Å².